The zero-order valence-corrected chi connectivity index (χ0v) is 14.3. The molecule has 4 heteroatoms. The molecule has 0 heterocycles. The zero-order valence-electron chi connectivity index (χ0n) is 14.3. The van der Waals surface area contributed by atoms with Crippen molar-refractivity contribution in [3.05, 3.63) is 0 Å². The molecule has 4 saturated carbocycles. The SMILES string of the molecule is C[C@]12CC(=O)[C@H]3[C@@H](CC[C@@]4(O)C[C@@H](O)CC[C@]34C)[C@@H]1C[C@H](O)C2. The second-order valence-corrected chi connectivity index (χ2v) is 9.52. The van der Waals surface area contributed by atoms with Gasteiger partial charge in [-0.3, -0.25) is 4.79 Å². The van der Waals surface area contributed by atoms with Crippen molar-refractivity contribution in [1.29, 1.82) is 0 Å². The van der Waals surface area contributed by atoms with Crippen LogP contribution in [0, 0.1) is 28.6 Å². The van der Waals surface area contributed by atoms with Gasteiger partial charge in [0.1, 0.15) is 5.78 Å². The zero-order chi connectivity index (χ0) is 16.6. The van der Waals surface area contributed by atoms with Gasteiger partial charge in [-0.05, 0) is 55.8 Å². The Labute approximate surface area is 138 Å². The molecule has 0 radical (unpaired) electrons. The van der Waals surface area contributed by atoms with E-state index in [-0.39, 0.29) is 17.4 Å². The third kappa shape index (κ3) is 2.04. The van der Waals surface area contributed by atoms with Gasteiger partial charge in [-0.15, -0.1) is 0 Å². The molecule has 4 nitrogen and oxygen atoms in total. The van der Waals surface area contributed by atoms with Gasteiger partial charge < -0.3 is 15.3 Å². The predicted octanol–water partition coefficient (Wildman–Crippen LogP) is 2.04. The number of carbonyl (C=O) groups is 1. The van der Waals surface area contributed by atoms with Crippen LogP contribution in [0.1, 0.15) is 65.2 Å². The van der Waals surface area contributed by atoms with Crippen LogP contribution in [-0.4, -0.2) is 38.9 Å². The number of fused-ring (bicyclic) bond motifs is 5. The van der Waals surface area contributed by atoms with Gasteiger partial charge in [0.05, 0.1) is 17.8 Å². The van der Waals surface area contributed by atoms with Crippen molar-refractivity contribution in [3.8, 4) is 0 Å². The fraction of sp³-hybridized carbons (Fsp3) is 0.947. The summed E-state index contributed by atoms with van der Waals surface area (Å²) in [5, 5.41) is 31.5. The van der Waals surface area contributed by atoms with E-state index in [2.05, 4.69) is 13.8 Å². The van der Waals surface area contributed by atoms with Crippen LogP contribution >= 0.6 is 0 Å². The summed E-state index contributed by atoms with van der Waals surface area (Å²) in [5.74, 6) is 0.879. The average molecular weight is 322 g/mol. The lowest BCUT2D eigenvalue weighted by Gasteiger charge is -2.62. The van der Waals surface area contributed by atoms with Crippen LogP contribution in [0.25, 0.3) is 0 Å². The Morgan fingerprint density at radius 1 is 1.04 bits per heavy atom. The Morgan fingerprint density at radius 2 is 1.78 bits per heavy atom. The summed E-state index contributed by atoms with van der Waals surface area (Å²) in [4.78, 5) is 13.1. The Hall–Kier alpha value is -0.450. The fourth-order valence-electron chi connectivity index (χ4n) is 7.08. The number of carbonyl (C=O) groups excluding carboxylic acids is 1. The highest BCUT2D eigenvalue weighted by Crippen LogP contribution is 2.66. The smallest absolute Gasteiger partial charge is 0.137 e. The summed E-state index contributed by atoms with van der Waals surface area (Å²) in [6.45, 7) is 4.26. The Bertz CT molecular complexity index is 533. The molecule has 0 unspecified atom stereocenters. The molecule has 8 atom stereocenters. The van der Waals surface area contributed by atoms with Crippen LogP contribution in [0.5, 0.6) is 0 Å². The van der Waals surface area contributed by atoms with Crippen LogP contribution < -0.4 is 0 Å². The van der Waals surface area contributed by atoms with Gasteiger partial charge in [-0.2, -0.15) is 0 Å². The van der Waals surface area contributed by atoms with E-state index >= 15 is 0 Å². The summed E-state index contributed by atoms with van der Waals surface area (Å²) < 4.78 is 0. The molecule has 0 aromatic heterocycles. The molecule has 4 aliphatic carbocycles. The largest absolute Gasteiger partial charge is 0.393 e. The molecule has 0 bridgehead atoms. The number of hydrogen-bond acceptors (Lipinski definition) is 4. The first-order valence-corrected chi connectivity index (χ1v) is 9.30. The number of rotatable bonds is 0. The fourth-order valence-corrected chi connectivity index (χ4v) is 7.08. The molecule has 0 spiro atoms. The van der Waals surface area contributed by atoms with Crippen molar-refractivity contribution in [2.75, 3.05) is 0 Å². The highest BCUT2D eigenvalue weighted by Gasteiger charge is 2.66. The van der Waals surface area contributed by atoms with Crippen LogP contribution in [0.3, 0.4) is 0 Å². The minimum Gasteiger partial charge on any atom is -0.393 e. The molecule has 0 amide bonds. The van der Waals surface area contributed by atoms with Gasteiger partial charge in [0.15, 0.2) is 0 Å². The van der Waals surface area contributed by atoms with Crippen LogP contribution in [0.2, 0.25) is 0 Å². The summed E-state index contributed by atoms with van der Waals surface area (Å²) in [7, 11) is 0. The van der Waals surface area contributed by atoms with Crippen molar-refractivity contribution in [1.82, 2.24) is 0 Å². The van der Waals surface area contributed by atoms with E-state index in [0.717, 1.165) is 25.7 Å². The summed E-state index contributed by atoms with van der Waals surface area (Å²) in [6, 6.07) is 0. The maximum atomic E-state index is 13.1. The van der Waals surface area contributed by atoms with E-state index in [1.54, 1.807) is 0 Å². The van der Waals surface area contributed by atoms with Crippen molar-refractivity contribution in [2.45, 2.75) is 83.0 Å². The number of aliphatic hydroxyl groups is 3. The standard InChI is InChI=1S/C19H30O4/c1-17-8-12(21)7-14(17)13-4-6-19(23)9-11(20)3-5-18(19,2)16(13)15(22)10-17/h11-14,16,20-21,23H,3-10H2,1-2H3/t11-,12-,13-,14-,16+,17-,18+,19+/m0/s1. The molecule has 4 fully saturated rings. The summed E-state index contributed by atoms with van der Waals surface area (Å²) in [5.41, 5.74) is -1.38. The Kier molecular flexibility index (Phi) is 3.35. The summed E-state index contributed by atoms with van der Waals surface area (Å²) >= 11 is 0. The predicted molar refractivity (Wildman–Crippen MR) is 85.6 cm³/mol. The third-order valence-corrected chi connectivity index (χ3v) is 8.20. The van der Waals surface area contributed by atoms with E-state index in [0.29, 0.717) is 43.3 Å². The first kappa shape index (κ1) is 16.0. The monoisotopic (exact) mass is 322 g/mol. The molecular formula is C19H30O4. The van der Waals surface area contributed by atoms with Crippen molar-refractivity contribution >= 4 is 5.78 Å². The minimum absolute atomic E-state index is 0.0579. The lowest BCUT2D eigenvalue weighted by molar-refractivity contribution is -0.214. The highest BCUT2D eigenvalue weighted by molar-refractivity contribution is 5.84. The highest BCUT2D eigenvalue weighted by atomic mass is 16.3. The van der Waals surface area contributed by atoms with Crippen LogP contribution in [0.15, 0.2) is 0 Å². The van der Waals surface area contributed by atoms with Crippen molar-refractivity contribution in [2.24, 2.45) is 28.6 Å². The number of aliphatic hydroxyl groups excluding tert-OH is 2. The molecule has 130 valence electrons. The van der Waals surface area contributed by atoms with E-state index < -0.39 is 17.1 Å². The van der Waals surface area contributed by atoms with Crippen LogP contribution in [0.4, 0.5) is 0 Å². The second kappa shape index (κ2) is 4.80. The molecule has 4 aliphatic rings. The Balaban J connectivity index is 1.73. The molecule has 23 heavy (non-hydrogen) atoms. The van der Waals surface area contributed by atoms with Gasteiger partial charge in [0.2, 0.25) is 0 Å². The molecule has 0 aromatic carbocycles. The van der Waals surface area contributed by atoms with Crippen molar-refractivity contribution < 1.29 is 20.1 Å². The van der Waals surface area contributed by atoms with Gasteiger partial charge in [0, 0.05) is 24.2 Å². The van der Waals surface area contributed by atoms with Gasteiger partial charge in [0.25, 0.3) is 0 Å². The maximum absolute atomic E-state index is 13.1. The van der Waals surface area contributed by atoms with Crippen LogP contribution in [-0.2, 0) is 4.79 Å². The average Bonchev–Trinajstić information content (AvgIpc) is 2.73. The van der Waals surface area contributed by atoms with E-state index in [4.69, 9.17) is 0 Å². The molecule has 0 aromatic rings. The number of hydrogen-bond donors (Lipinski definition) is 3. The molecule has 4 rings (SSSR count). The molecule has 3 N–H and O–H groups in total. The first-order chi connectivity index (χ1) is 10.7. The van der Waals surface area contributed by atoms with Gasteiger partial charge in [-0.1, -0.05) is 13.8 Å². The van der Waals surface area contributed by atoms with E-state index in [1.165, 1.54) is 0 Å². The quantitative estimate of drug-likeness (QED) is 0.638. The Morgan fingerprint density at radius 3 is 2.52 bits per heavy atom. The normalized spacial score (nSPS) is 59.2. The lowest BCUT2D eigenvalue weighted by atomic mass is 9.43. The first-order valence-electron chi connectivity index (χ1n) is 9.30. The van der Waals surface area contributed by atoms with Gasteiger partial charge >= 0.3 is 0 Å². The molecule has 0 saturated heterocycles. The second-order valence-electron chi connectivity index (χ2n) is 9.52. The molecular weight excluding hydrogens is 292 g/mol. The van der Waals surface area contributed by atoms with E-state index in [1.807, 2.05) is 0 Å². The van der Waals surface area contributed by atoms with Gasteiger partial charge in [-0.25, -0.2) is 0 Å². The van der Waals surface area contributed by atoms with E-state index in [9.17, 15) is 20.1 Å². The maximum Gasteiger partial charge on any atom is 0.137 e. The molecule has 0 aliphatic heterocycles. The lowest BCUT2D eigenvalue weighted by Crippen LogP contribution is -2.64. The van der Waals surface area contributed by atoms with Crippen molar-refractivity contribution in [3.63, 3.8) is 0 Å². The topological polar surface area (TPSA) is 77.8 Å². The minimum atomic E-state index is -0.910. The number of Topliss-reactive ketones (excluding diaryl/α,β-unsaturated/α-hetero) is 1. The third-order valence-electron chi connectivity index (χ3n) is 8.20. The number of ketones is 1. The summed E-state index contributed by atoms with van der Waals surface area (Å²) in [6.07, 6.45) is 4.71.